The molecule has 0 bridgehead atoms. The highest BCUT2D eigenvalue weighted by Crippen LogP contribution is 2.18. The van der Waals surface area contributed by atoms with Crippen molar-refractivity contribution in [3.8, 4) is 0 Å². The molecule has 1 aliphatic carbocycles. The van der Waals surface area contributed by atoms with E-state index in [0.29, 0.717) is 0 Å². The van der Waals surface area contributed by atoms with Crippen LogP contribution in [-0.4, -0.2) is 4.98 Å². The van der Waals surface area contributed by atoms with E-state index in [1.807, 2.05) is 18.5 Å². The maximum atomic E-state index is 3.01. The summed E-state index contributed by atoms with van der Waals surface area (Å²) in [5, 5.41) is 0. The van der Waals surface area contributed by atoms with E-state index >= 15 is 0 Å². The number of nitrogens with one attached hydrogen (secondary N) is 1. The van der Waals surface area contributed by atoms with Crippen molar-refractivity contribution in [2.45, 2.75) is 0 Å². The van der Waals surface area contributed by atoms with Crippen LogP contribution in [0, 0.1) is 6.08 Å². The Morgan fingerprint density at radius 3 is 2.71 bits per heavy atom. The van der Waals surface area contributed by atoms with E-state index in [1.54, 1.807) is 0 Å². The molecule has 0 atom stereocenters. The molecular formula is C6H4N. The predicted octanol–water partition coefficient (Wildman–Crippen LogP) is 1.19. The van der Waals surface area contributed by atoms with E-state index in [-0.39, 0.29) is 0 Å². The molecule has 7 heavy (non-hydrogen) atoms. The van der Waals surface area contributed by atoms with E-state index in [0.717, 1.165) is 0 Å². The summed E-state index contributed by atoms with van der Waals surface area (Å²) < 4.78 is 0. The van der Waals surface area contributed by atoms with Crippen molar-refractivity contribution < 1.29 is 0 Å². The first-order valence-electron chi connectivity index (χ1n) is 2.23. The Morgan fingerprint density at radius 2 is 2.43 bits per heavy atom. The van der Waals surface area contributed by atoms with E-state index in [9.17, 15) is 0 Å². The highest BCUT2D eigenvalue weighted by atomic mass is 14.6. The first-order chi connectivity index (χ1) is 3.47. The van der Waals surface area contributed by atoms with Crippen LogP contribution in [0.2, 0.25) is 0 Å². The number of H-pyrrole nitrogens is 1. The second-order valence-electron chi connectivity index (χ2n) is 1.61. The number of hydrogen-bond acceptors (Lipinski definition) is 0. The summed E-state index contributed by atoms with van der Waals surface area (Å²) in [7, 11) is 0. The zero-order valence-electron chi connectivity index (χ0n) is 3.73. The van der Waals surface area contributed by atoms with E-state index < -0.39 is 0 Å². The Kier molecular flexibility index (Phi) is 0.355. The monoisotopic (exact) mass is 90.0 g/mol. The molecule has 0 spiro atoms. The molecule has 0 aliphatic heterocycles. The fourth-order valence-electron chi connectivity index (χ4n) is 0.698. The van der Waals surface area contributed by atoms with Gasteiger partial charge in [-0.2, -0.15) is 0 Å². The van der Waals surface area contributed by atoms with Gasteiger partial charge >= 0.3 is 0 Å². The number of rotatable bonds is 0. The molecule has 33 valence electrons. The normalized spacial score (nSPS) is 13.1. The average molecular weight is 90.1 g/mol. The maximum Gasteiger partial charge on any atom is 0.00906 e. The molecule has 1 aromatic rings. The van der Waals surface area contributed by atoms with Crippen LogP contribution in [0.15, 0.2) is 12.4 Å². The van der Waals surface area contributed by atoms with Crippen LogP contribution in [0.4, 0.5) is 0 Å². The molecule has 0 unspecified atom stereocenters. The molecule has 1 nitrogen and oxygen atoms in total. The number of aromatic nitrogens is 1. The van der Waals surface area contributed by atoms with Gasteiger partial charge < -0.3 is 4.98 Å². The second-order valence-corrected chi connectivity index (χ2v) is 1.61. The zero-order chi connectivity index (χ0) is 4.69. The van der Waals surface area contributed by atoms with Crippen molar-refractivity contribution in [3.05, 3.63) is 29.6 Å². The van der Waals surface area contributed by atoms with E-state index in [4.69, 9.17) is 0 Å². The standard InChI is InChI=1S/C6H4N/c1-2-6-4-7-3-5(1)6/h1,3-4,7H. The van der Waals surface area contributed by atoms with Gasteiger partial charge in [0.1, 0.15) is 0 Å². The van der Waals surface area contributed by atoms with Gasteiger partial charge in [0, 0.05) is 23.5 Å². The molecular weight excluding hydrogens is 86.1 g/mol. The van der Waals surface area contributed by atoms with Crippen LogP contribution in [0.25, 0.3) is 6.08 Å². The molecule has 1 radical (unpaired) electrons. The number of hydrogen-bond donors (Lipinski definition) is 1. The second kappa shape index (κ2) is 0.808. The first kappa shape index (κ1) is 3.08. The van der Waals surface area contributed by atoms with Crippen LogP contribution >= 0.6 is 0 Å². The third-order valence-electron chi connectivity index (χ3n) is 1.16. The van der Waals surface area contributed by atoms with Gasteiger partial charge in [0.25, 0.3) is 0 Å². The molecule has 1 N–H and O–H groups in total. The molecule has 0 amide bonds. The molecule has 1 heteroatoms. The fourth-order valence-corrected chi connectivity index (χ4v) is 0.698. The van der Waals surface area contributed by atoms with Gasteiger partial charge in [0.15, 0.2) is 0 Å². The molecule has 2 rings (SSSR count). The third-order valence-corrected chi connectivity index (χ3v) is 1.16. The highest BCUT2D eigenvalue weighted by Gasteiger charge is 2.03. The predicted molar refractivity (Wildman–Crippen MR) is 27.6 cm³/mol. The largest absolute Gasteiger partial charge is 0.366 e. The Labute approximate surface area is 41.7 Å². The summed E-state index contributed by atoms with van der Waals surface area (Å²) in [5.74, 6) is 0. The zero-order valence-corrected chi connectivity index (χ0v) is 3.73. The van der Waals surface area contributed by atoms with Crippen molar-refractivity contribution in [2.24, 2.45) is 0 Å². The van der Waals surface area contributed by atoms with Gasteiger partial charge in [-0.25, -0.2) is 0 Å². The maximum absolute atomic E-state index is 3.01. The lowest BCUT2D eigenvalue weighted by atomic mass is 10.1. The van der Waals surface area contributed by atoms with Crippen LogP contribution in [0.3, 0.4) is 0 Å². The number of aromatic amines is 1. The SMILES string of the molecule is [C]1=Cc2c[nH]cc21. The van der Waals surface area contributed by atoms with Crippen molar-refractivity contribution in [1.29, 1.82) is 0 Å². The Morgan fingerprint density at radius 1 is 1.43 bits per heavy atom. The van der Waals surface area contributed by atoms with Gasteiger partial charge in [0.2, 0.25) is 0 Å². The highest BCUT2D eigenvalue weighted by molar-refractivity contribution is 5.65. The van der Waals surface area contributed by atoms with Crippen LogP contribution in [-0.2, 0) is 0 Å². The Balaban J connectivity index is 2.79. The van der Waals surface area contributed by atoms with Gasteiger partial charge in [-0.3, -0.25) is 0 Å². The van der Waals surface area contributed by atoms with Crippen molar-refractivity contribution in [1.82, 2.24) is 4.98 Å². The fraction of sp³-hybridized carbons (Fsp3) is 0. The minimum Gasteiger partial charge on any atom is -0.366 e. The molecule has 0 aromatic carbocycles. The molecule has 1 aromatic heterocycles. The lowest BCUT2D eigenvalue weighted by Crippen LogP contribution is -1.81. The van der Waals surface area contributed by atoms with E-state index in [2.05, 4.69) is 11.1 Å². The van der Waals surface area contributed by atoms with Crippen molar-refractivity contribution in [3.63, 3.8) is 0 Å². The molecule has 1 heterocycles. The smallest absolute Gasteiger partial charge is 0.00906 e. The van der Waals surface area contributed by atoms with Gasteiger partial charge in [-0.1, -0.05) is 0 Å². The summed E-state index contributed by atoms with van der Waals surface area (Å²) in [6, 6.07) is 0. The van der Waals surface area contributed by atoms with Gasteiger partial charge in [-0.15, -0.1) is 0 Å². The lowest BCUT2D eigenvalue weighted by molar-refractivity contribution is 1.41. The van der Waals surface area contributed by atoms with Crippen LogP contribution in [0.1, 0.15) is 11.1 Å². The molecule has 1 aliphatic rings. The minimum atomic E-state index is 1.21. The van der Waals surface area contributed by atoms with Crippen LogP contribution in [0.5, 0.6) is 0 Å². The minimum absolute atomic E-state index is 1.21. The van der Waals surface area contributed by atoms with E-state index in [1.165, 1.54) is 11.1 Å². The molecule has 0 saturated carbocycles. The van der Waals surface area contributed by atoms with Crippen molar-refractivity contribution >= 4 is 6.08 Å². The van der Waals surface area contributed by atoms with Gasteiger partial charge in [0.05, 0.1) is 0 Å². The summed E-state index contributed by atoms with van der Waals surface area (Å²) >= 11 is 0. The molecule has 0 fully saturated rings. The lowest BCUT2D eigenvalue weighted by Gasteiger charge is -1.96. The topological polar surface area (TPSA) is 15.8 Å². The number of fused-ring (bicyclic) bond motifs is 1. The first-order valence-corrected chi connectivity index (χ1v) is 2.23. The average Bonchev–Trinajstić information content (AvgIpc) is 1.85. The van der Waals surface area contributed by atoms with Crippen molar-refractivity contribution in [2.75, 3.05) is 0 Å². The Bertz CT molecular complexity index is 187. The quantitative estimate of drug-likeness (QED) is 0.500. The summed E-state index contributed by atoms with van der Waals surface area (Å²) in [6.07, 6.45) is 8.88. The third kappa shape index (κ3) is 0.233. The summed E-state index contributed by atoms with van der Waals surface area (Å²) in [6.45, 7) is 0. The summed E-state index contributed by atoms with van der Waals surface area (Å²) in [4.78, 5) is 2.97. The van der Waals surface area contributed by atoms with Gasteiger partial charge in [-0.05, 0) is 12.2 Å². The Hall–Kier alpha value is -0.980. The molecule has 0 saturated heterocycles. The van der Waals surface area contributed by atoms with Crippen LogP contribution < -0.4 is 0 Å². The summed E-state index contributed by atoms with van der Waals surface area (Å²) in [5.41, 5.74) is 2.49.